The summed E-state index contributed by atoms with van der Waals surface area (Å²) in [6.07, 6.45) is 1.10. The largest absolute Gasteiger partial charge is 0.341 e. The molecule has 0 aliphatic carbocycles. The van der Waals surface area contributed by atoms with Crippen molar-refractivity contribution in [2.24, 2.45) is 0 Å². The molecule has 1 aromatic carbocycles. The third kappa shape index (κ3) is 3.15. The fraction of sp³-hybridized carbons (Fsp3) is 0.167. The van der Waals surface area contributed by atoms with E-state index in [0.717, 1.165) is 12.3 Å². The molecule has 1 heterocycles. The first-order valence-corrected chi connectivity index (χ1v) is 8.01. The molecule has 0 aliphatic rings. The quantitative estimate of drug-likeness (QED) is 0.677. The predicted molar refractivity (Wildman–Crippen MR) is 73.6 cm³/mol. The van der Waals surface area contributed by atoms with E-state index in [2.05, 4.69) is 5.32 Å². The van der Waals surface area contributed by atoms with E-state index in [-0.39, 0.29) is 24.0 Å². The van der Waals surface area contributed by atoms with Gasteiger partial charge in [-0.25, -0.2) is 12.8 Å². The van der Waals surface area contributed by atoms with Gasteiger partial charge in [-0.15, -0.1) is 0 Å². The molecule has 9 heteroatoms. The van der Waals surface area contributed by atoms with E-state index < -0.39 is 25.7 Å². The second-order valence-electron chi connectivity index (χ2n) is 4.13. The first-order chi connectivity index (χ1) is 9.84. The number of hydrogen-bond acceptors (Lipinski definition) is 4. The standard InChI is InChI=1S/C12H9ClFN3O3S/c13-21(19,20)10-6-17(7-11(18)16-5-4-15)9-3-1-2-8(14)12(9)10/h1-3,6H,5,7H2,(H,16,18). The van der Waals surface area contributed by atoms with Gasteiger partial charge in [-0.05, 0) is 12.1 Å². The van der Waals surface area contributed by atoms with E-state index in [9.17, 15) is 17.6 Å². The van der Waals surface area contributed by atoms with Gasteiger partial charge < -0.3 is 9.88 Å². The number of fused-ring (bicyclic) bond motifs is 1. The highest BCUT2D eigenvalue weighted by atomic mass is 35.7. The summed E-state index contributed by atoms with van der Waals surface area (Å²) < 4.78 is 38.1. The molecular formula is C12H9ClFN3O3S. The van der Waals surface area contributed by atoms with Gasteiger partial charge in [0.2, 0.25) is 5.91 Å². The summed E-state index contributed by atoms with van der Waals surface area (Å²) >= 11 is 0. The van der Waals surface area contributed by atoms with Crippen molar-refractivity contribution in [2.75, 3.05) is 6.54 Å². The normalized spacial score (nSPS) is 11.3. The van der Waals surface area contributed by atoms with Gasteiger partial charge in [0.25, 0.3) is 9.05 Å². The highest BCUT2D eigenvalue weighted by Gasteiger charge is 2.22. The van der Waals surface area contributed by atoms with Crippen molar-refractivity contribution in [1.29, 1.82) is 5.26 Å². The molecule has 0 atom stereocenters. The lowest BCUT2D eigenvalue weighted by atomic mass is 10.2. The van der Waals surface area contributed by atoms with Crippen LogP contribution in [0.2, 0.25) is 0 Å². The zero-order valence-corrected chi connectivity index (χ0v) is 12.1. The van der Waals surface area contributed by atoms with Crippen LogP contribution in [-0.2, 0) is 20.4 Å². The van der Waals surface area contributed by atoms with Crippen LogP contribution in [0.15, 0.2) is 29.3 Å². The number of nitrogens with zero attached hydrogens (tertiary/aromatic N) is 2. The van der Waals surface area contributed by atoms with E-state index in [1.165, 1.54) is 16.7 Å². The van der Waals surface area contributed by atoms with Crippen LogP contribution in [0.1, 0.15) is 0 Å². The summed E-state index contributed by atoms with van der Waals surface area (Å²) in [4.78, 5) is 11.2. The third-order valence-corrected chi connectivity index (χ3v) is 4.10. The Labute approximate surface area is 124 Å². The minimum absolute atomic E-state index is 0.166. The Hall–Kier alpha value is -2.11. The number of amides is 1. The molecule has 1 amide bonds. The van der Waals surface area contributed by atoms with E-state index in [1.54, 1.807) is 6.07 Å². The molecule has 0 fully saturated rings. The van der Waals surface area contributed by atoms with E-state index in [1.807, 2.05) is 0 Å². The van der Waals surface area contributed by atoms with Crippen LogP contribution in [0.3, 0.4) is 0 Å². The summed E-state index contributed by atoms with van der Waals surface area (Å²) in [5, 5.41) is 10.5. The summed E-state index contributed by atoms with van der Waals surface area (Å²) in [7, 11) is 1.14. The molecule has 21 heavy (non-hydrogen) atoms. The second kappa shape index (κ2) is 5.71. The minimum atomic E-state index is -4.16. The van der Waals surface area contributed by atoms with Crippen molar-refractivity contribution in [3.8, 4) is 6.07 Å². The summed E-state index contributed by atoms with van der Waals surface area (Å²) in [5.74, 6) is -1.25. The van der Waals surface area contributed by atoms with Crippen LogP contribution in [-0.4, -0.2) is 25.4 Å². The van der Waals surface area contributed by atoms with Crippen molar-refractivity contribution in [3.05, 3.63) is 30.2 Å². The van der Waals surface area contributed by atoms with Crippen molar-refractivity contribution < 1.29 is 17.6 Å². The molecule has 0 radical (unpaired) electrons. The first kappa shape index (κ1) is 15.3. The zero-order valence-electron chi connectivity index (χ0n) is 10.5. The Balaban J connectivity index is 2.54. The number of rotatable bonds is 4. The molecule has 0 bridgehead atoms. The van der Waals surface area contributed by atoms with Crippen LogP contribution in [0.25, 0.3) is 10.9 Å². The molecule has 1 aromatic heterocycles. The Morgan fingerprint density at radius 2 is 2.19 bits per heavy atom. The number of nitrogens with one attached hydrogen (secondary N) is 1. The molecule has 1 N–H and O–H groups in total. The molecule has 0 saturated heterocycles. The average molecular weight is 330 g/mol. The molecule has 6 nitrogen and oxygen atoms in total. The van der Waals surface area contributed by atoms with Gasteiger partial charge in [-0.1, -0.05) is 6.07 Å². The van der Waals surface area contributed by atoms with Crippen molar-refractivity contribution in [2.45, 2.75) is 11.4 Å². The first-order valence-electron chi connectivity index (χ1n) is 5.70. The topological polar surface area (TPSA) is 92.0 Å². The maximum Gasteiger partial charge on any atom is 0.263 e. The average Bonchev–Trinajstić information content (AvgIpc) is 2.77. The lowest BCUT2D eigenvalue weighted by Gasteiger charge is -2.04. The monoisotopic (exact) mass is 329 g/mol. The van der Waals surface area contributed by atoms with E-state index in [4.69, 9.17) is 15.9 Å². The predicted octanol–water partition coefficient (Wildman–Crippen LogP) is 1.35. The number of carbonyl (C=O) groups is 1. The van der Waals surface area contributed by atoms with Gasteiger partial charge in [0.15, 0.2) is 0 Å². The maximum absolute atomic E-state index is 13.9. The highest BCUT2D eigenvalue weighted by Crippen LogP contribution is 2.30. The third-order valence-electron chi connectivity index (χ3n) is 2.76. The Kier molecular flexibility index (Phi) is 4.16. The van der Waals surface area contributed by atoms with Crippen LogP contribution in [0.4, 0.5) is 4.39 Å². The molecule has 0 aliphatic heterocycles. The van der Waals surface area contributed by atoms with Crippen LogP contribution in [0.5, 0.6) is 0 Å². The number of aromatic nitrogens is 1. The highest BCUT2D eigenvalue weighted by molar-refractivity contribution is 8.14. The van der Waals surface area contributed by atoms with Gasteiger partial charge in [0, 0.05) is 16.9 Å². The minimum Gasteiger partial charge on any atom is -0.341 e. The van der Waals surface area contributed by atoms with Crippen LogP contribution >= 0.6 is 10.7 Å². The van der Waals surface area contributed by atoms with Crippen LogP contribution in [0, 0.1) is 17.1 Å². The zero-order chi connectivity index (χ0) is 15.6. The molecular weight excluding hydrogens is 321 g/mol. The number of halogens is 2. The van der Waals surface area contributed by atoms with Gasteiger partial charge in [-0.3, -0.25) is 4.79 Å². The smallest absolute Gasteiger partial charge is 0.263 e. The number of carbonyl (C=O) groups excluding carboxylic acids is 1. The van der Waals surface area contributed by atoms with Gasteiger partial charge in [-0.2, -0.15) is 5.26 Å². The van der Waals surface area contributed by atoms with Crippen molar-refractivity contribution in [3.63, 3.8) is 0 Å². The summed E-state index contributed by atoms with van der Waals surface area (Å²) in [6.45, 7) is -0.429. The van der Waals surface area contributed by atoms with Gasteiger partial charge in [0.1, 0.15) is 23.8 Å². The fourth-order valence-corrected chi connectivity index (χ4v) is 2.99. The number of benzene rings is 1. The maximum atomic E-state index is 13.9. The van der Waals surface area contributed by atoms with Crippen molar-refractivity contribution >= 4 is 36.5 Å². The van der Waals surface area contributed by atoms with Gasteiger partial charge in [0.05, 0.1) is 17.0 Å². The number of hydrogen-bond donors (Lipinski definition) is 1. The van der Waals surface area contributed by atoms with Gasteiger partial charge >= 0.3 is 0 Å². The summed E-state index contributed by atoms with van der Waals surface area (Å²) in [5.41, 5.74) is 0.223. The number of nitriles is 1. The van der Waals surface area contributed by atoms with Crippen molar-refractivity contribution in [1.82, 2.24) is 9.88 Å². The molecule has 0 unspecified atom stereocenters. The Bertz CT molecular complexity index is 854. The Morgan fingerprint density at radius 1 is 1.48 bits per heavy atom. The lowest BCUT2D eigenvalue weighted by molar-refractivity contribution is -0.121. The second-order valence-corrected chi connectivity index (χ2v) is 6.66. The Morgan fingerprint density at radius 3 is 2.81 bits per heavy atom. The fourth-order valence-electron chi connectivity index (χ4n) is 1.94. The summed E-state index contributed by atoms with van der Waals surface area (Å²) in [6, 6.07) is 5.72. The molecule has 0 saturated carbocycles. The molecule has 0 spiro atoms. The van der Waals surface area contributed by atoms with E-state index >= 15 is 0 Å². The molecule has 2 aromatic rings. The lowest BCUT2D eigenvalue weighted by Crippen LogP contribution is -2.27. The SMILES string of the molecule is N#CCNC(=O)Cn1cc(S(=O)(=O)Cl)c2c(F)cccc21. The molecule has 2 rings (SSSR count). The van der Waals surface area contributed by atoms with Crippen LogP contribution < -0.4 is 5.32 Å². The molecule has 110 valence electrons. The van der Waals surface area contributed by atoms with E-state index in [0.29, 0.717) is 0 Å².